The van der Waals surface area contributed by atoms with Gasteiger partial charge in [-0.1, -0.05) is 48.2 Å². The number of hydrogen-bond donors (Lipinski definition) is 2. The Labute approximate surface area is 205 Å². The second kappa shape index (κ2) is 10.1. The molecule has 2 aromatic carbocycles. The molecule has 34 heavy (non-hydrogen) atoms. The fourth-order valence-electron chi connectivity index (χ4n) is 4.91. The molecule has 1 aromatic heterocycles. The highest BCUT2D eigenvalue weighted by Crippen LogP contribution is 2.32. The molecule has 5 rings (SSSR count). The highest BCUT2D eigenvalue weighted by Gasteiger charge is 2.38. The number of carbonyl (C=O) groups excluding carboxylic acids is 1. The third-order valence-electron chi connectivity index (χ3n) is 6.77. The summed E-state index contributed by atoms with van der Waals surface area (Å²) in [4.78, 5) is 23.0. The lowest BCUT2D eigenvalue weighted by Crippen LogP contribution is -2.46. The Morgan fingerprint density at radius 1 is 1.03 bits per heavy atom. The van der Waals surface area contributed by atoms with Crippen molar-refractivity contribution in [2.45, 2.75) is 48.3 Å². The number of nitrogens with one attached hydrogen (secondary N) is 1. The summed E-state index contributed by atoms with van der Waals surface area (Å²) < 4.78 is 0. The Kier molecular flexibility index (Phi) is 6.74. The number of phenols is 1. The van der Waals surface area contributed by atoms with E-state index in [1.54, 1.807) is 23.9 Å². The lowest BCUT2D eigenvalue weighted by atomic mass is 9.98. The maximum atomic E-state index is 12.6. The summed E-state index contributed by atoms with van der Waals surface area (Å²) in [5.74, 6) is 0.272. The summed E-state index contributed by atoms with van der Waals surface area (Å²) in [6.45, 7) is 5.58. The number of amides is 2. The first-order chi connectivity index (χ1) is 16.6. The summed E-state index contributed by atoms with van der Waals surface area (Å²) in [5, 5.41) is 13.5. The number of likely N-dealkylation sites (tertiary alicyclic amines) is 1. The van der Waals surface area contributed by atoms with Crippen LogP contribution in [0.5, 0.6) is 5.75 Å². The zero-order chi connectivity index (χ0) is 23.5. The van der Waals surface area contributed by atoms with E-state index in [1.165, 1.54) is 11.1 Å². The Morgan fingerprint density at radius 2 is 1.76 bits per heavy atom. The number of aromatic nitrogens is 1. The molecule has 1 atom stereocenters. The van der Waals surface area contributed by atoms with Crippen LogP contribution in [0.15, 0.2) is 76.7 Å². The second-order valence-electron chi connectivity index (χ2n) is 9.02. The van der Waals surface area contributed by atoms with Crippen molar-refractivity contribution < 1.29 is 9.90 Å². The molecule has 2 amide bonds. The van der Waals surface area contributed by atoms with Gasteiger partial charge in [0.05, 0.1) is 6.04 Å². The lowest BCUT2D eigenvalue weighted by molar-refractivity contribution is 0.112. The minimum Gasteiger partial charge on any atom is -0.508 e. The topological polar surface area (TPSA) is 68.7 Å². The van der Waals surface area contributed by atoms with Crippen LogP contribution in [0.4, 0.5) is 4.79 Å². The van der Waals surface area contributed by atoms with E-state index in [4.69, 9.17) is 4.98 Å². The van der Waals surface area contributed by atoms with E-state index in [0.29, 0.717) is 6.54 Å². The molecule has 0 spiro atoms. The van der Waals surface area contributed by atoms with E-state index in [9.17, 15) is 9.90 Å². The molecule has 2 saturated heterocycles. The van der Waals surface area contributed by atoms with Crippen LogP contribution in [-0.2, 0) is 6.54 Å². The highest BCUT2D eigenvalue weighted by atomic mass is 32.2. The average molecular weight is 475 g/mol. The summed E-state index contributed by atoms with van der Waals surface area (Å²) in [6, 6.07) is 22.2. The van der Waals surface area contributed by atoms with Crippen LogP contribution in [-0.4, -0.2) is 51.6 Å². The van der Waals surface area contributed by atoms with Gasteiger partial charge in [-0.05, 0) is 61.2 Å². The van der Waals surface area contributed by atoms with E-state index in [-0.39, 0.29) is 23.9 Å². The van der Waals surface area contributed by atoms with Gasteiger partial charge in [0.2, 0.25) is 0 Å². The van der Waals surface area contributed by atoms with Gasteiger partial charge in [0.15, 0.2) is 0 Å². The molecule has 3 aromatic rings. The van der Waals surface area contributed by atoms with Crippen molar-refractivity contribution >= 4 is 17.8 Å². The molecule has 2 aliphatic heterocycles. The van der Waals surface area contributed by atoms with Gasteiger partial charge in [-0.15, -0.1) is 0 Å². The monoisotopic (exact) mass is 474 g/mol. The first-order valence-electron chi connectivity index (χ1n) is 11.8. The number of urea groups is 1. The molecule has 0 radical (unpaired) electrons. The number of nitrogens with zero attached hydrogens (tertiary/aromatic N) is 3. The Hall–Kier alpha value is -3.03. The van der Waals surface area contributed by atoms with Crippen LogP contribution in [0.25, 0.3) is 0 Å². The van der Waals surface area contributed by atoms with Gasteiger partial charge in [0.1, 0.15) is 10.8 Å². The van der Waals surface area contributed by atoms with Gasteiger partial charge in [0.25, 0.3) is 0 Å². The number of hydrogen-bond acceptors (Lipinski definition) is 5. The zero-order valence-corrected chi connectivity index (χ0v) is 20.2. The standard InChI is InChI=1S/C27H30N4O2S/c1-19-21(7-12-26(29-19)34-24-10-8-23(32)9-11-24)18-30-15-13-22(14-16-30)31-25(17-28-27(31)33)20-5-3-2-4-6-20/h2-12,22,25,32H,13-18H2,1H3,(H,28,33). The Balaban J connectivity index is 1.18. The van der Waals surface area contributed by atoms with Gasteiger partial charge in [-0.3, -0.25) is 4.90 Å². The normalized spacial score (nSPS) is 19.4. The first kappa shape index (κ1) is 22.7. The van der Waals surface area contributed by atoms with Crippen molar-refractivity contribution in [3.8, 4) is 5.75 Å². The molecule has 6 nitrogen and oxygen atoms in total. The molecule has 7 heteroatoms. The lowest BCUT2D eigenvalue weighted by Gasteiger charge is -2.39. The number of carbonyl (C=O) groups is 1. The van der Waals surface area contributed by atoms with E-state index in [1.807, 2.05) is 30.3 Å². The molecule has 0 bridgehead atoms. The number of aromatic hydroxyl groups is 1. The third-order valence-corrected chi connectivity index (χ3v) is 7.72. The SMILES string of the molecule is Cc1nc(Sc2ccc(O)cc2)ccc1CN1CCC(N2C(=O)NCC2c2ccccc2)CC1. The quantitative estimate of drug-likeness (QED) is 0.528. The predicted molar refractivity (Wildman–Crippen MR) is 134 cm³/mol. The fraction of sp³-hybridized carbons (Fsp3) is 0.333. The third kappa shape index (κ3) is 5.05. The van der Waals surface area contributed by atoms with Crippen molar-refractivity contribution in [3.05, 3.63) is 83.6 Å². The summed E-state index contributed by atoms with van der Waals surface area (Å²) in [6.07, 6.45) is 1.97. The molecular weight excluding hydrogens is 444 g/mol. The van der Waals surface area contributed by atoms with Gasteiger partial charge in [-0.2, -0.15) is 0 Å². The minimum atomic E-state index is 0.0639. The molecule has 0 aliphatic carbocycles. The van der Waals surface area contributed by atoms with Crippen molar-refractivity contribution in [3.63, 3.8) is 0 Å². The molecule has 2 aliphatic rings. The number of pyridine rings is 1. The molecular formula is C27H30N4O2S. The second-order valence-corrected chi connectivity index (χ2v) is 10.1. The van der Waals surface area contributed by atoms with Crippen LogP contribution in [0.3, 0.4) is 0 Å². The number of benzene rings is 2. The van der Waals surface area contributed by atoms with E-state index >= 15 is 0 Å². The van der Waals surface area contributed by atoms with Gasteiger partial charge < -0.3 is 15.3 Å². The number of phenolic OH excluding ortho intramolecular Hbond substituents is 1. The number of piperidine rings is 1. The molecule has 0 saturated carbocycles. The van der Waals surface area contributed by atoms with E-state index in [2.05, 4.69) is 46.3 Å². The maximum Gasteiger partial charge on any atom is 0.318 e. The van der Waals surface area contributed by atoms with Crippen molar-refractivity contribution in [2.75, 3.05) is 19.6 Å². The molecule has 1 unspecified atom stereocenters. The van der Waals surface area contributed by atoms with Crippen LogP contribution in [0, 0.1) is 6.92 Å². The van der Waals surface area contributed by atoms with Crippen molar-refractivity contribution in [1.82, 2.24) is 20.1 Å². The smallest absolute Gasteiger partial charge is 0.318 e. The van der Waals surface area contributed by atoms with Gasteiger partial charge in [0, 0.05) is 42.8 Å². The molecule has 2 N–H and O–H groups in total. The predicted octanol–water partition coefficient (Wildman–Crippen LogP) is 4.98. The summed E-state index contributed by atoms with van der Waals surface area (Å²) in [7, 11) is 0. The fourth-order valence-corrected chi connectivity index (χ4v) is 5.74. The minimum absolute atomic E-state index is 0.0639. The van der Waals surface area contributed by atoms with Crippen LogP contribution in [0.1, 0.15) is 35.7 Å². The van der Waals surface area contributed by atoms with Crippen LogP contribution < -0.4 is 5.32 Å². The van der Waals surface area contributed by atoms with Crippen molar-refractivity contribution in [1.29, 1.82) is 0 Å². The Bertz CT molecular complexity index is 1130. The first-order valence-corrected chi connectivity index (χ1v) is 12.7. The highest BCUT2D eigenvalue weighted by molar-refractivity contribution is 7.99. The average Bonchev–Trinajstić information content (AvgIpc) is 3.24. The molecule has 2 fully saturated rings. The Morgan fingerprint density at radius 3 is 2.47 bits per heavy atom. The van der Waals surface area contributed by atoms with Crippen molar-refractivity contribution in [2.24, 2.45) is 0 Å². The molecule has 3 heterocycles. The van der Waals surface area contributed by atoms with Crippen LogP contribution >= 0.6 is 11.8 Å². The largest absolute Gasteiger partial charge is 0.508 e. The summed E-state index contributed by atoms with van der Waals surface area (Å²) >= 11 is 1.60. The maximum absolute atomic E-state index is 12.6. The van der Waals surface area contributed by atoms with E-state index in [0.717, 1.165) is 48.1 Å². The van der Waals surface area contributed by atoms with Gasteiger partial charge >= 0.3 is 6.03 Å². The van der Waals surface area contributed by atoms with Gasteiger partial charge in [-0.25, -0.2) is 9.78 Å². The number of rotatable bonds is 6. The van der Waals surface area contributed by atoms with Crippen LogP contribution in [0.2, 0.25) is 0 Å². The van der Waals surface area contributed by atoms with E-state index < -0.39 is 0 Å². The zero-order valence-electron chi connectivity index (χ0n) is 19.4. The number of aryl methyl sites for hydroxylation is 1. The summed E-state index contributed by atoms with van der Waals surface area (Å²) in [5.41, 5.74) is 3.50. The molecule has 176 valence electrons.